The highest BCUT2D eigenvalue weighted by atomic mass is 32.1. The lowest BCUT2D eigenvalue weighted by molar-refractivity contribution is 0.310. The van der Waals surface area contributed by atoms with Crippen molar-refractivity contribution in [2.24, 2.45) is 10.7 Å². The number of nitrogens with zero attached hydrogens (tertiary/aromatic N) is 2. The van der Waals surface area contributed by atoms with Gasteiger partial charge in [0.05, 0.1) is 19.7 Å². The summed E-state index contributed by atoms with van der Waals surface area (Å²) in [6, 6.07) is 12.5. The van der Waals surface area contributed by atoms with Crippen LogP contribution in [0.3, 0.4) is 0 Å². The van der Waals surface area contributed by atoms with Crippen molar-refractivity contribution in [2.75, 3.05) is 34.3 Å². The molecular formula is C18H26N4OS. The van der Waals surface area contributed by atoms with Crippen molar-refractivity contribution in [2.45, 2.75) is 12.5 Å². The van der Waals surface area contributed by atoms with Crippen LogP contribution in [0.25, 0.3) is 0 Å². The van der Waals surface area contributed by atoms with Crippen molar-refractivity contribution in [3.63, 3.8) is 0 Å². The van der Waals surface area contributed by atoms with Gasteiger partial charge < -0.3 is 20.7 Å². The predicted octanol–water partition coefficient (Wildman–Crippen LogP) is 2.51. The summed E-state index contributed by atoms with van der Waals surface area (Å²) < 4.78 is 5.16. The van der Waals surface area contributed by atoms with E-state index in [1.54, 1.807) is 18.4 Å². The Morgan fingerprint density at radius 3 is 2.62 bits per heavy atom. The van der Waals surface area contributed by atoms with Gasteiger partial charge in [-0.1, -0.05) is 18.2 Å². The molecule has 5 nitrogen and oxygen atoms in total. The lowest BCUT2D eigenvalue weighted by atomic mass is 10.1. The number of methoxy groups -OCH3 is 1. The van der Waals surface area contributed by atoms with Gasteiger partial charge in [0.2, 0.25) is 0 Å². The van der Waals surface area contributed by atoms with Gasteiger partial charge >= 0.3 is 0 Å². The minimum Gasteiger partial charge on any atom is -0.497 e. The van der Waals surface area contributed by atoms with Crippen LogP contribution in [0.4, 0.5) is 0 Å². The highest BCUT2D eigenvalue weighted by Crippen LogP contribution is 2.23. The molecule has 0 saturated heterocycles. The zero-order valence-electron chi connectivity index (χ0n) is 14.5. The van der Waals surface area contributed by atoms with Crippen molar-refractivity contribution >= 4 is 17.3 Å². The van der Waals surface area contributed by atoms with Crippen LogP contribution in [0.1, 0.15) is 16.5 Å². The first kappa shape index (κ1) is 18.3. The normalized spacial score (nSPS) is 13.1. The first-order valence-electron chi connectivity index (χ1n) is 7.96. The Hall–Kier alpha value is -2.05. The minimum absolute atomic E-state index is 0.256. The smallest absolute Gasteiger partial charge is 0.188 e. The number of hydrogen-bond donors (Lipinski definition) is 2. The maximum Gasteiger partial charge on any atom is 0.188 e. The van der Waals surface area contributed by atoms with E-state index in [4.69, 9.17) is 10.5 Å². The number of rotatable bonds is 8. The van der Waals surface area contributed by atoms with Gasteiger partial charge in [0, 0.05) is 11.4 Å². The molecule has 1 aromatic carbocycles. The topological polar surface area (TPSA) is 62.9 Å². The van der Waals surface area contributed by atoms with E-state index in [1.165, 1.54) is 10.4 Å². The second-order valence-corrected chi connectivity index (χ2v) is 6.72. The summed E-state index contributed by atoms with van der Waals surface area (Å²) >= 11 is 1.75. The van der Waals surface area contributed by atoms with E-state index >= 15 is 0 Å². The zero-order valence-corrected chi connectivity index (χ0v) is 15.3. The van der Waals surface area contributed by atoms with Crippen LogP contribution >= 0.6 is 11.3 Å². The van der Waals surface area contributed by atoms with Gasteiger partial charge in [-0.15, -0.1) is 11.3 Å². The van der Waals surface area contributed by atoms with E-state index in [0.717, 1.165) is 18.7 Å². The van der Waals surface area contributed by atoms with Gasteiger partial charge in [-0.25, -0.2) is 0 Å². The summed E-state index contributed by atoms with van der Waals surface area (Å²) in [5.74, 6) is 1.36. The van der Waals surface area contributed by atoms with Crippen LogP contribution in [0.5, 0.6) is 5.75 Å². The number of nitrogens with two attached hydrogens (primary N) is 1. The van der Waals surface area contributed by atoms with Gasteiger partial charge in [0.25, 0.3) is 0 Å². The van der Waals surface area contributed by atoms with E-state index in [2.05, 4.69) is 58.9 Å². The average Bonchev–Trinajstić information content (AvgIpc) is 3.09. The Bertz CT molecular complexity index is 623. The number of hydrogen-bond acceptors (Lipinski definition) is 4. The van der Waals surface area contributed by atoms with Crippen molar-refractivity contribution in [1.29, 1.82) is 0 Å². The molecule has 0 saturated carbocycles. The first-order valence-corrected chi connectivity index (χ1v) is 8.84. The molecule has 130 valence electrons. The maximum absolute atomic E-state index is 5.99. The molecule has 3 N–H and O–H groups in total. The van der Waals surface area contributed by atoms with Crippen molar-refractivity contribution in [3.05, 3.63) is 52.2 Å². The van der Waals surface area contributed by atoms with Gasteiger partial charge in [0.1, 0.15) is 5.75 Å². The monoisotopic (exact) mass is 346 g/mol. The Morgan fingerprint density at radius 1 is 1.29 bits per heavy atom. The standard InChI is InChI=1S/C18H26N4OS/c1-22(2)16(17-5-4-12-24-17)13-21-18(19)20-11-10-14-6-8-15(23-3)9-7-14/h4-9,12,16H,10-11,13H2,1-3H3,(H3,19,20,21). The Balaban J connectivity index is 1.80. The number of likely N-dealkylation sites (N-methyl/N-ethyl adjacent to an activating group) is 1. The van der Waals surface area contributed by atoms with Crippen LogP contribution in [0.15, 0.2) is 46.8 Å². The summed E-state index contributed by atoms with van der Waals surface area (Å²) in [5.41, 5.74) is 7.23. The zero-order chi connectivity index (χ0) is 17.4. The number of thiophene rings is 1. The molecule has 1 aromatic heterocycles. The van der Waals surface area contributed by atoms with E-state index in [-0.39, 0.29) is 6.04 Å². The number of ether oxygens (including phenoxy) is 1. The fourth-order valence-electron chi connectivity index (χ4n) is 2.36. The molecule has 0 amide bonds. The molecule has 1 heterocycles. The number of aliphatic imine (C=N–C) groups is 1. The second kappa shape index (κ2) is 9.30. The molecule has 0 spiro atoms. The van der Waals surface area contributed by atoms with Gasteiger partial charge in [-0.3, -0.25) is 4.99 Å². The Kier molecular flexibility index (Phi) is 7.08. The molecule has 2 rings (SSSR count). The van der Waals surface area contributed by atoms with Crippen LogP contribution in [0.2, 0.25) is 0 Å². The van der Waals surface area contributed by atoms with Gasteiger partial charge in [-0.2, -0.15) is 0 Å². The van der Waals surface area contributed by atoms with Crippen molar-refractivity contribution in [1.82, 2.24) is 10.2 Å². The van der Waals surface area contributed by atoms with Crippen molar-refractivity contribution in [3.8, 4) is 5.75 Å². The Morgan fingerprint density at radius 2 is 2.04 bits per heavy atom. The molecular weight excluding hydrogens is 320 g/mol. The lowest BCUT2D eigenvalue weighted by Crippen LogP contribution is -2.34. The quantitative estimate of drug-likeness (QED) is 0.569. The molecule has 0 bridgehead atoms. The third-order valence-corrected chi connectivity index (χ3v) is 4.78. The average molecular weight is 347 g/mol. The molecule has 0 aliphatic heterocycles. The largest absolute Gasteiger partial charge is 0.497 e. The SMILES string of the molecule is COc1ccc(CCNC(N)=NCC(c2cccs2)N(C)C)cc1. The van der Waals surface area contributed by atoms with Crippen LogP contribution in [-0.4, -0.2) is 45.2 Å². The van der Waals surface area contributed by atoms with Gasteiger partial charge in [-0.05, 0) is 49.7 Å². The fourth-order valence-corrected chi connectivity index (χ4v) is 3.27. The van der Waals surface area contributed by atoms with E-state index in [9.17, 15) is 0 Å². The summed E-state index contributed by atoms with van der Waals surface area (Å²) in [7, 11) is 5.80. The molecule has 6 heteroatoms. The number of nitrogens with one attached hydrogen (secondary N) is 1. The third-order valence-electron chi connectivity index (χ3n) is 3.81. The summed E-state index contributed by atoms with van der Waals surface area (Å²) in [5, 5.41) is 5.27. The van der Waals surface area contributed by atoms with Crippen LogP contribution in [-0.2, 0) is 6.42 Å². The lowest BCUT2D eigenvalue weighted by Gasteiger charge is -2.21. The molecule has 1 atom stereocenters. The van der Waals surface area contributed by atoms with Crippen molar-refractivity contribution < 1.29 is 4.74 Å². The highest BCUT2D eigenvalue weighted by Gasteiger charge is 2.14. The number of guanidine groups is 1. The van der Waals surface area contributed by atoms with Crippen LogP contribution < -0.4 is 15.8 Å². The third kappa shape index (κ3) is 5.54. The molecule has 0 aliphatic rings. The fraction of sp³-hybridized carbons (Fsp3) is 0.389. The second-order valence-electron chi connectivity index (χ2n) is 5.75. The maximum atomic E-state index is 5.99. The molecule has 0 radical (unpaired) electrons. The number of benzene rings is 1. The first-order chi connectivity index (χ1) is 11.6. The predicted molar refractivity (Wildman–Crippen MR) is 102 cm³/mol. The van der Waals surface area contributed by atoms with E-state index in [0.29, 0.717) is 12.5 Å². The summed E-state index contributed by atoms with van der Waals surface area (Å²) in [6.45, 7) is 1.40. The van der Waals surface area contributed by atoms with Gasteiger partial charge in [0.15, 0.2) is 5.96 Å². The summed E-state index contributed by atoms with van der Waals surface area (Å²) in [6.07, 6.45) is 0.891. The van der Waals surface area contributed by atoms with Crippen LogP contribution in [0, 0.1) is 0 Å². The van der Waals surface area contributed by atoms with E-state index in [1.807, 2.05) is 12.1 Å². The minimum atomic E-state index is 0.256. The Labute approximate surface area is 148 Å². The van der Waals surface area contributed by atoms with E-state index < -0.39 is 0 Å². The highest BCUT2D eigenvalue weighted by molar-refractivity contribution is 7.10. The molecule has 2 aromatic rings. The summed E-state index contributed by atoms with van der Waals surface area (Å²) in [4.78, 5) is 7.96. The molecule has 24 heavy (non-hydrogen) atoms. The molecule has 0 aliphatic carbocycles. The molecule has 1 unspecified atom stereocenters. The molecule has 0 fully saturated rings.